The lowest BCUT2D eigenvalue weighted by Crippen LogP contribution is -2.32. The highest BCUT2D eigenvalue weighted by atomic mass is 32.2. The van der Waals surface area contributed by atoms with E-state index in [0.29, 0.717) is 17.0 Å². The van der Waals surface area contributed by atoms with Crippen molar-refractivity contribution in [2.75, 3.05) is 0 Å². The van der Waals surface area contributed by atoms with Crippen LogP contribution in [-0.4, -0.2) is 9.55 Å². The van der Waals surface area contributed by atoms with Crippen molar-refractivity contribution in [1.82, 2.24) is 9.55 Å². The summed E-state index contributed by atoms with van der Waals surface area (Å²) in [7, 11) is 1.67. The molecule has 0 amide bonds. The standard InChI is InChI=1S/C13H14N2O2S.C4H10/c1-3-10-11(16)14-13(17)15(2)12(10)18-9-7-5-4-6-8-9;1-3-4-2/h4-8H,3H2,1-2H3,(H,14,16,17);3-4H2,1-2H3. The Bertz CT molecular complexity index is 688. The van der Waals surface area contributed by atoms with Crippen molar-refractivity contribution in [1.29, 1.82) is 0 Å². The van der Waals surface area contributed by atoms with Crippen LogP contribution in [0.15, 0.2) is 49.8 Å². The maximum atomic E-state index is 11.8. The van der Waals surface area contributed by atoms with Crippen LogP contribution in [0.1, 0.15) is 39.2 Å². The van der Waals surface area contributed by atoms with E-state index >= 15 is 0 Å². The quantitative estimate of drug-likeness (QED) is 0.876. The second-order valence-corrected chi connectivity index (χ2v) is 5.93. The first kappa shape index (κ1) is 18.3. The number of hydrogen-bond donors (Lipinski definition) is 1. The minimum Gasteiger partial charge on any atom is -0.291 e. The van der Waals surface area contributed by atoms with Crippen molar-refractivity contribution in [3.05, 3.63) is 56.7 Å². The van der Waals surface area contributed by atoms with Gasteiger partial charge in [0.25, 0.3) is 5.56 Å². The summed E-state index contributed by atoms with van der Waals surface area (Å²) in [5, 5.41) is 0.706. The topological polar surface area (TPSA) is 54.9 Å². The van der Waals surface area contributed by atoms with Crippen LogP contribution in [0.2, 0.25) is 0 Å². The van der Waals surface area contributed by atoms with Gasteiger partial charge in [0.05, 0.1) is 5.03 Å². The Hall–Kier alpha value is -1.75. The first-order valence-electron chi connectivity index (χ1n) is 7.60. The van der Waals surface area contributed by atoms with Gasteiger partial charge in [-0.3, -0.25) is 14.3 Å². The second kappa shape index (κ2) is 9.30. The molecule has 0 fully saturated rings. The van der Waals surface area contributed by atoms with Gasteiger partial charge in [-0.15, -0.1) is 0 Å². The SMILES string of the molecule is CCCC.CCc1c(Sc2ccccc2)n(C)c(=O)[nH]c1=O. The third kappa shape index (κ3) is 4.91. The van der Waals surface area contributed by atoms with E-state index in [9.17, 15) is 9.59 Å². The molecule has 0 saturated carbocycles. The highest BCUT2D eigenvalue weighted by Gasteiger charge is 2.12. The molecular formula is C17H24N2O2S. The number of aromatic amines is 1. The van der Waals surface area contributed by atoms with E-state index in [-0.39, 0.29) is 11.2 Å². The van der Waals surface area contributed by atoms with Crippen LogP contribution >= 0.6 is 11.8 Å². The predicted octanol–water partition coefficient (Wildman–Crippen LogP) is 3.59. The van der Waals surface area contributed by atoms with Crippen molar-refractivity contribution in [3.8, 4) is 0 Å². The van der Waals surface area contributed by atoms with Gasteiger partial charge in [0.15, 0.2) is 0 Å². The largest absolute Gasteiger partial charge is 0.328 e. The number of unbranched alkanes of at least 4 members (excludes halogenated alkanes) is 1. The summed E-state index contributed by atoms with van der Waals surface area (Å²) in [5.41, 5.74) is -0.0272. The summed E-state index contributed by atoms with van der Waals surface area (Å²) >= 11 is 1.44. The Labute approximate surface area is 135 Å². The monoisotopic (exact) mass is 320 g/mol. The van der Waals surface area contributed by atoms with Gasteiger partial charge in [-0.1, -0.05) is 63.6 Å². The lowest BCUT2D eigenvalue weighted by atomic mass is 10.3. The fraction of sp³-hybridized carbons (Fsp3) is 0.412. The lowest BCUT2D eigenvalue weighted by molar-refractivity contribution is 0.692. The summed E-state index contributed by atoms with van der Waals surface area (Å²) in [6, 6.07) is 9.70. The summed E-state index contributed by atoms with van der Waals surface area (Å²) in [5.74, 6) is 0. The average molecular weight is 320 g/mol. The molecule has 0 radical (unpaired) electrons. The van der Waals surface area contributed by atoms with Crippen LogP contribution in [0.25, 0.3) is 0 Å². The maximum absolute atomic E-state index is 11.8. The van der Waals surface area contributed by atoms with E-state index in [0.717, 1.165) is 4.90 Å². The molecule has 0 unspecified atom stereocenters. The second-order valence-electron chi connectivity index (χ2n) is 4.87. The molecule has 5 heteroatoms. The molecule has 4 nitrogen and oxygen atoms in total. The zero-order valence-corrected chi connectivity index (χ0v) is 14.5. The van der Waals surface area contributed by atoms with Crippen LogP contribution < -0.4 is 11.2 Å². The predicted molar refractivity (Wildman–Crippen MR) is 92.8 cm³/mol. The molecule has 0 aliphatic carbocycles. The number of hydrogen-bond acceptors (Lipinski definition) is 3. The van der Waals surface area contributed by atoms with Crippen molar-refractivity contribution in [3.63, 3.8) is 0 Å². The molecule has 2 rings (SSSR count). The Morgan fingerprint density at radius 2 is 1.64 bits per heavy atom. The fourth-order valence-electron chi connectivity index (χ4n) is 1.69. The van der Waals surface area contributed by atoms with Crippen LogP contribution in [0.3, 0.4) is 0 Å². The molecule has 0 aliphatic rings. The van der Waals surface area contributed by atoms with Gasteiger partial charge in [-0.25, -0.2) is 4.79 Å². The Morgan fingerprint density at radius 1 is 1.05 bits per heavy atom. The Balaban J connectivity index is 0.000000541. The fourth-order valence-corrected chi connectivity index (χ4v) is 2.79. The number of H-pyrrole nitrogens is 1. The number of aromatic nitrogens is 2. The molecular weight excluding hydrogens is 296 g/mol. The molecule has 0 aliphatic heterocycles. The summed E-state index contributed by atoms with van der Waals surface area (Å²) in [4.78, 5) is 26.7. The molecule has 0 bridgehead atoms. The molecule has 1 aromatic carbocycles. The molecule has 1 heterocycles. The summed E-state index contributed by atoms with van der Waals surface area (Å²) < 4.78 is 1.48. The van der Waals surface area contributed by atoms with Crippen molar-refractivity contribution >= 4 is 11.8 Å². The minimum atomic E-state index is -0.379. The zero-order valence-electron chi connectivity index (χ0n) is 13.7. The molecule has 0 saturated heterocycles. The first-order valence-corrected chi connectivity index (χ1v) is 8.41. The van der Waals surface area contributed by atoms with Crippen LogP contribution in [0.5, 0.6) is 0 Å². The molecule has 2 aromatic rings. The van der Waals surface area contributed by atoms with Gasteiger partial charge in [0, 0.05) is 17.5 Å². The molecule has 1 aromatic heterocycles. The first-order chi connectivity index (χ1) is 10.5. The normalized spacial score (nSPS) is 10.0. The van der Waals surface area contributed by atoms with E-state index in [1.54, 1.807) is 7.05 Å². The summed E-state index contributed by atoms with van der Waals surface area (Å²) in [6.45, 7) is 6.27. The number of benzene rings is 1. The van der Waals surface area contributed by atoms with E-state index in [2.05, 4.69) is 18.8 Å². The third-order valence-corrected chi connectivity index (χ3v) is 4.39. The maximum Gasteiger partial charge on any atom is 0.328 e. The number of rotatable bonds is 4. The van der Waals surface area contributed by atoms with Gasteiger partial charge in [-0.05, 0) is 18.6 Å². The van der Waals surface area contributed by atoms with Crippen LogP contribution in [0, 0.1) is 0 Å². The lowest BCUT2D eigenvalue weighted by Gasteiger charge is -2.10. The van der Waals surface area contributed by atoms with Crippen LogP contribution in [0.4, 0.5) is 0 Å². The van der Waals surface area contributed by atoms with Gasteiger partial charge < -0.3 is 0 Å². The molecule has 1 N–H and O–H groups in total. The van der Waals surface area contributed by atoms with Crippen molar-refractivity contribution < 1.29 is 0 Å². The Kier molecular flexibility index (Phi) is 7.74. The highest BCUT2D eigenvalue weighted by Crippen LogP contribution is 2.27. The van der Waals surface area contributed by atoms with Gasteiger partial charge in [-0.2, -0.15) is 0 Å². The van der Waals surface area contributed by atoms with Crippen molar-refractivity contribution in [2.24, 2.45) is 7.05 Å². The van der Waals surface area contributed by atoms with Crippen molar-refractivity contribution in [2.45, 2.75) is 50.0 Å². The summed E-state index contributed by atoms with van der Waals surface area (Å²) in [6.07, 6.45) is 3.23. The number of nitrogens with zero attached hydrogens (tertiary/aromatic N) is 1. The van der Waals surface area contributed by atoms with Gasteiger partial charge >= 0.3 is 5.69 Å². The van der Waals surface area contributed by atoms with E-state index in [4.69, 9.17) is 0 Å². The molecule has 22 heavy (non-hydrogen) atoms. The third-order valence-electron chi connectivity index (χ3n) is 3.17. The molecule has 120 valence electrons. The zero-order chi connectivity index (χ0) is 16.5. The van der Waals surface area contributed by atoms with E-state index in [1.807, 2.05) is 37.3 Å². The van der Waals surface area contributed by atoms with Gasteiger partial charge in [0.1, 0.15) is 0 Å². The van der Waals surface area contributed by atoms with Crippen LogP contribution in [-0.2, 0) is 13.5 Å². The minimum absolute atomic E-state index is 0.293. The smallest absolute Gasteiger partial charge is 0.291 e. The Morgan fingerprint density at radius 3 is 2.14 bits per heavy atom. The average Bonchev–Trinajstić information content (AvgIpc) is 2.54. The highest BCUT2D eigenvalue weighted by molar-refractivity contribution is 7.99. The molecule has 0 atom stereocenters. The van der Waals surface area contributed by atoms with Gasteiger partial charge in [0.2, 0.25) is 0 Å². The van der Waals surface area contributed by atoms with E-state index < -0.39 is 0 Å². The van der Waals surface area contributed by atoms with E-state index in [1.165, 1.54) is 29.2 Å². The number of nitrogens with one attached hydrogen (secondary N) is 1. The molecule has 0 spiro atoms.